The molecule has 2 N–H and O–H groups in total. The van der Waals surface area contributed by atoms with Crippen molar-refractivity contribution in [2.45, 2.75) is 39.2 Å². The second kappa shape index (κ2) is 7.89. The van der Waals surface area contributed by atoms with Gasteiger partial charge in [-0.3, -0.25) is 4.79 Å². The zero-order chi connectivity index (χ0) is 14.3. The van der Waals surface area contributed by atoms with Crippen molar-refractivity contribution < 1.29 is 14.3 Å². The Labute approximate surface area is 113 Å². The van der Waals surface area contributed by atoms with Gasteiger partial charge in [0.05, 0.1) is 12.5 Å². The first kappa shape index (κ1) is 15.6. The fourth-order valence-corrected chi connectivity index (χ4v) is 2.07. The van der Waals surface area contributed by atoms with Crippen molar-refractivity contribution in [2.75, 3.05) is 6.54 Å². The van der Waals surface area contributed by atoms with Crippen LogP contribution in [0.1, 0.15) is 32.3 Å². The minimum Gasteiger partial charge on any atom is -0.391 e. The number of aliphatic hydroxyl groups is 1. The number of carbonyl (C=O) groups is 1. The highest BCUT2D eigenvalue weighted by atomic mass is 19.1. The molecule has 0 fully saturated rings. The molecule has 106 valence electrons. The van der Waals surface area contributed by atoms with Crippen LogP contribution in [0, 0.1) is 11.7 Å². The second-order valence-corrected chi connectivity index (χ2v) is 4.75. The quantitative estimate of drug-likeness (QED) is 0.796. The van der Waals surface area contributed by atoms with E-state index in [9.17, 15) is 14.3 Å². The van der Waals surface area contributed by atoms with Crippen molar-refractivity contribution in [1.29, 1.82) is 0 Å². The topological polar surface area (TPSA) is 49.3 Å². The molecule has 1 amide bonds. The van der Waals surface area contributed by atoms with Crippen LogP contribution in [0.15, 0.2) is 24.3 Å². The highest BCUT2D eigenvalue weighted by Gasteiger charge is 2.16. The lowest BCUT2D eigenvalue weighted by molar-refractivity contribution is -0.121. The lowest BCUT2D eigenvalue weighted by atomic mass is 9.96. The summed E-state index contributed by atoms with van der Waals surface area (Å²) in [5.41, 5.74) is 0.760. The van der Waals surface area contributed by atoms with E-state index >= 15 is 0 Å². The molecule has 1 aromatic carbocycles. The van der Waals surface area contributed by atoms with E-state index in [1.165, 1.54) is 12.1 Å². The molecule has 1 unspecified atom stereocenters. The Morgan fingerprint density at radius 2 is 1.84 bits per heavy atom. The maximum absolute atomic E-state index is 12.7. The number of rotatable bonds is 7. The summed E-state index contributed by atoms with van der Waals surface area (Å²) in [6, 6.07) is 5.85. The first-order valence-corrected chi connectivity index (χ1v) is 6.76. The van der Waals surface area contributed by atoms with E-state index in [-0.39, 0.29) is 30.6 Å². The van der Waals surface area contributed by atoms with E-state index in [1.54, 1.807) is 12.1 Å². The highest BCUT2D eigenvalue weighted by molar-refractivity contribution is 5.78. The van der Waals surface area contributed by atoms with Crippen LogP contribution < -0.4 is 5.32 Å². The minimum atomic E-state index is -0.507. The minimum absolute atomic E-state index is 0.156. The standard InChI is InChI=1S/C15H22FNO2/c1-3-12(4-2)14(18)10-17-15(19)9-11-5-7-13(16)8-6-11/h5-8,12,14,18H,3-4,9-10H2,1-2H3,(H,17,19). The second-order valence-electron chi connectivity index (χ2n) is 4.75. The molecule has 0 aromatic heterocycles. The summed E-state index contributed by atoms with van der Waals surface area (Å²) in [7, 11) is 0. The molecule has 0 aliphatic carbocycles. The molecule has 0 aliphatic rings. The monoisotopic (exact) mass is 267 g/mol. The summed E-state index contributed by atoms with van der Waals surface area (Å²) in [6.07, 6.45) is 1.49. The van der Waals surface area contributed by atoms with Gasteiger partial charge in [-0.1, -0.05) is 38.8 Å². The van der Waals surface area contributed by atoms with Crippen LogP contribution in [-0.2, 0) is 11.2 Å². The van der Waals surface area contributed by atoms with Crippen LogP contribution in [0.5, 0.6) is 0 Å². The third kappa shape index (κ3) is 5.39. The predicted molar refractivity (Wildman–Crippen MR) is 73.2 cm³/mol. The van der Waals surface area contributed by atoms with Gasteiger partial charge in [-0.2, -0.15) is 0 Å². The number of nitrogens with one attached hydrogen (secondary N) is 1. The summed E-state index contributed by atoms with van der Waals surface area (Å²) in [5, 5.41) is 12.6. The molecule has 0 saturated carbocycles. The third-order valence-corrected chi connectivity index (χ3v) is 3.38. The zero-order valence-corrected chi connectivity index (χ0v) is 11.5. The molecule has 4 heteroatoms. The van der Waals surface area contributed by atoms with Crippen LogP contribution >= 0.6 is 0 Å². The van der Waals surface area contributed by atoms with Crippen LogP contribution in [0.2, 0.25) is 0 Å². The molecule has 19 heavy (non-hydrogen) atoms. The molecule has 0 heterocycles. The zero-order valence-electron chi connectivity index (χ0n) is 11.5. The number of halogens is 1. The van der Waals surface area contributed by atoms with Gasteiger partial charge < -0.3 is 10.4 Å². The van der Waals surface area contributed by atoms with E-state index in [1.807, 2.05) is 13.8 Å². The third-order valence-electron chi connectivity index (χ3n) is 3.38. The summed E-state index contributed by atoms with van der Waals surface area (Å²) < 4.78 is 12.7. The molecule has 0 bridgehead atoms. The Hall–Kier alpha value is -1.42. The number of benzene rings is 1. The molecular formula is C15H22FNO2. The van der Waals surface area contributed by atoms with E-state index < -0.39 is 6.10 Å². The smallest absolute Gasteiger partial charge is 0.224 e. The fraction of sp³-hybridized carbons (Fsp3) is 0.533. The average molecular weight is 267 g/mol. The van der Waals surface area contributed by atoms with Gasteiger partial charge >= 0.3 is 0 Å². The van der Waals surface area contributed by atoms with Gasteiger partial charge in [0.25, 0.3) is 0 Å². The van der Waals surface area contributed by atoms with Gasteiger partial charge in [-0.25, -0.2) is 4.39 Å². The Kier molecular flexibility index (Phi) is 6.50. The molecule has 1 aromatic rings. The largest absolute Gasteiger partial charge is 0.391 e. The Balaban J connectivity index is 2.37. The number of amides is 1. The van der Waals surface area contributed by atoms with E-state index in [2.05, 4.69) is 5.32 Å². The fourth-order valence-electron chi connectivity index (χ4n) is 2.07. The summed E-state index contributed by atoms with van der Waals surface area (Å²) >= 11 is 0. The van der Waals surface area contributed by atoms with Gasteiger partial charge in [0, 0.05) is 6.54 Å². The molecule has 1 atom stereocenters. The first-order valence-electron chi connectivity index (χ1n) is 6.76. The molecule has 0 aliphatic heterocycles. The number of hydrogen-bond donors (Lipinski definition) is 2. The van der Waals surface area contributed by atoms with Crippen molar-refractivity contribution in [3.63, 3.8) is 0 Å². The molecular weight excluding hydrogens is 245 g/mol. The SMILES string of the molecule is CCC(CC)C(O)CNC(=O)Cc1ccc(F)cc1. The molecule has 0 saturated heterocycles. The highest BCUT2D eigenvalue weighted by Crippen LogP contribution is 2.12. The molecule has 0 radical (unpaired) electrons. The van der Waals surface area contributed by atoms with E-state index in [0.29, 0.717) is 0 Å². The average Bonchev–Trinajstić information content (AvgIpc) is 2.40. The lowest BCUT2D eigenvalue weighted by Gasteiger charge is -2.20. The van der Waals surface area contributed by atoms with E-state index in [0.717, 1.165) is 18.4 Å². The first-order chi connectivity index (χ1) is 9.06. The van der Waals surface area contributed by atoms with Crippen molar-refractivity contribution >= 4 is 5.91 Å². The number of aliphatic hydroxyl groups excluding tert-OH is 1. The van der Waals surface area contributed by atoms with Crippen molar-refractivity contribution in [1.82, 2.24) is 5.32 Å². The van der Waals surface area contributed by atoms with Crippen LogP contribution in [0.3, 0.4) is 0 Å². The molecule has 0 spiro atoms. The number of carbonyl (C=O) groups excluding carboxylic acids is 1. The molecule has 1 rings (SSSR count). The van der Waals surface area contributed by atoms with Crippen molar-refractivity contribution in [3.05, 3.63) is 35.6 Å². The predicted octanol–water partition coefficient (Wildman–Crippen LogP) is 2.28. The van der Waals surface area contributed by atoms with Gasteiger partial charge in [0.2, 0.25) is 5.91 Å². The summed E-state index contributed by atoms with van der Waals surface area (Å²) in [6.45, 7) is 4.32. The van der Waals surface area contributed by atoms with E-state index in [4.69, 9.17) is 0 Å². The Morgan fingerprint density at radius 1 is 1.26 bits per heavy atom. The van der Waals surface area contributed by atoms with Gasteiger partial charge in [-0.05, 0) is 23.6 Å². The maximum Gasteiger partial charge on any atom is 0.224 e. The summed E-state index contributed by atoms with van der Waals surface area (Å²) in [4.78, 5) is 11.7. The maximum atomic E-state index is 12.7. The van der Waals surface area contributed by atoms with Gasteiger partial charge in [0.1, 0.15) is 5.82 Å². The van der Waals surface area contributed by atoms with Crippen LogP contribution in [-0.4, -0.2) is 23.7 Å². The van der Waals surface area contributed by atoms with Crippen LogP contribution in [0.25, 0.3) is 0 Å². The van der Waals surface area contributed by atoms with Gasteiger partial charge in [0.15, 0.2) is 0 Å². The molecule has 3 nitrogen and oxygen atoms in total. The summed E-state index contributed by atoms with van der Waals surface area (Å²) in [5.74, 6) is -0.254. The Morgan fingerprint density at radius 3 is 2.37 bits per heavy atom. The van der Waals surface area contributed by atoms with Crippen molar-refractivity contribution in [3.8, 4) is 0 Å². The van der Waals surface area contributed by atoms with Crippen LogP contribution in [0.4, 0.5) is 4.39 Å². The van der Waals surface area contributed by atoms with Crippen molar-refractivity contribution in [2.24, 2.45) is 5.92 Å². The number of hydrogen-bond acceptors (Lipinski definition) is 2. The Bertz CT molecular complexity index is 388. The lowest BCUT2D eigenvalue weighted by Crippen LogP contribution is -2.36. The van der Waals surface area contributed by atoms with Gasteiger partial charge in [-0.15, -0.1) is 0 Å². The normalized spacial score (nSPS) is 12.5.